The molecule has 1 rings (SSSR count). The molecule has 1 aromatic rings. The number of ether oxygens (including phenoxy) is 1. The molecule has 17 heavy (non-hydrogen) atoms. The van der Waals surface area contributed by atoms with Crippen LogP contribution in [0.3, 0.4) is 0 Å². The van der Waals surface area contributed by atoms with Crippen LogP contribution in [-0.4, -0.2) is 50.0 Å². The molecule has 0 bridgehead atoms. The molecule has 1 aromatic heterocycles. The predicted molar refractivity (Wildman–Crippen MR) is 58.8 cm³/mol. The standard InChI is InChI=1S/C10H17N3O4/c1-6(2)17-5-8(14)4-13-7(3)9(10(15)16)11-12-13/h6,8,14H,4-5H2,1-3H3,(H,15,16). The smallest absolute Gasteiger partial charge is 0.358 e. The summed E-state index contributed by atoms with van der Waals surface area (Å²) >= 11 is 0. The van der Waals surface area contributed by atoms with Gasteiger partial charge in [-0.05, 0) is 20.8 Å². The van der Waals surface area contributed by atoms with Crippen LogP contribution in [0.15, 0.2) is 0 Å². The summed E-state index contributed by atoms with van der Waals surface area (Å²) < 4.78 is 6.60. The number of aromatic carboxylic acids is 1. The number of aliphatic hydroxyl groups excluding tert-OH is 1. The van der Waals surface area contributed by atoms with Gasteiger partial charge in [0, 0.05) is 0 Å². The van der Waals surface area contributed by atoms with E-state index in [1.54, 1.807) is 6.92 Å². The monoisotopic (exact) mass is 243 g/mol. The largest absolute Gasteiger partial charge is 0.476 e. The van der Waals surface area contributed by atoms with Crippen LogP contribution >= 0.6 is 0 Å². The molecule has 0 aliphatic heterocycles. The van der Waals surface area contributed by atoms with Crippen molar-refractivity contribution in [3.05, 3.63) is 11.4 Å². The fourth-order valence-corrected chi connectivity index (χ4v) is 1.29. The number of hydrogen-bond acceptors (Lipinski definition) is 5. The van der Waals surface area contributed by atoms with E-state index in [0.29, 0.717) is 5.69 Å². The first kappa shape index (κ1) is 13.6. The van der Waals surface area contributed by atoms with Crippen LogP contribution in [0.25, 0.3) is 0 Å². The van der Waals surface area contributed by atoms with Crippen molar-refractivity contribution >= 4 is 5.97 Å². The molecule has 2 N–H and O–H groups in total. The lowest BCUT2D eigenvalue weighted by Gasteiger charge is -2.13. The summed E-state index contributed by atoms with van der Waals surface area (Å²) in [5, 5.41) is 25.6. The van der Waals surface area contributed by atoms with E-state index in [1.807, 2.05) is 13.8 Å². The van der Waals surface area contributed by atoms with Crippen LogP contribution in [-0.2, 0) is 11.3 Å². The van der Waals surface area contributed by atoms with E-state index in [2.05, 4.69) is 10.3 Å². The van der Waals surface area contributed by atoms with Gasteiger partial charge in [0.25, 0.3) is 0 Å². The van der Waals surface area contributed by atoms with E-state index in [9.17, 15) is 9.90 Å². The molecule has 0 aliphatic rings. The molecule has 1 atom stereocenters. The number of aromatic nitrogens is 3. The first-order valence-corrected chi connectivity index (χ1v) is 5.34. The highest BCUT2D eigenvalue weighted by Gasteiger charge is 2.17. The molecule has 1 heterocycles. The van der Waals surface area contributed by atoms with Gasteiger partial charge in [0.15, 0.2) is 5.69 Å². The SMILES string of the molecule is Cc1c(C(=O)O)nnn1CC(O)COC(C)C. The molecule has 0 saturated carbocycles. The highest BCUT2D eigenvalue weighted by Crippen LogP contribution is 2.05. The summed E-state index contributed by atoms with van der Waals surface area (Å²) in [6, 6.07) is 0. The number of rotatable bonds is 6. The molecule has 0 fully saturated rings. The Hall–Kier alpha value is -1.47. The predicted octanol–water partition coefficient (Wildman–Crippen LogP) is 0.0706. The zero-order valence-electron chi connectivity index (χ0n) is 10.1. The van der Waals surface area contributed by atoms with Crippen molar-refractivity contribution in [3.8, 4) is 0 Å². The molecule has 7 nitrogen and oxygen atoms in total. The highest BCUT2D eigenvalue weighted by atomic mass is 16.5. The maximum absolute atomic E-state index is 10.7. The highest BCUT2D eigenvalue weighted by molar-refractivity contribution is 5.86. The quantitative estimate of drug-likeness (QED) is 0.733. The molecule has 0 radical (unpaired) electrons. The molecule has 7 heteroatoms. The van der Waals surface area contributed by atoms with E-state index >= 15 is 0 Å². The van der Waals surface area contributed by atoms with Gasteiger partial charge in [-0.15, -0.1) is 5.10 Å². The molecule has 96 valence electrons. The third-order valence-electron chi connectivity index (χ3n) is 2.19. The molecule has 0 aliphatic carbocycles. The van der Waals surface area contributed by atoms with Crippen LogP contribution in [0.5, 0.6) is 0 Å². The Morgan fingerprint density at radius 1 is 1.53 bits per heavy atom. The molecule has 0 amide bonds. The fourth-order valence-electron chi connectivity index (χ4n) is 1.29. The minimum absolute atomic E-state index is 0.0380. The Balaban J connectivity index is 2.59. The van der Waals surface area contributed by atoms with E-state index in [1.165, 1.54) is 4.68 Å². The maximum atomic E-state index is 10.7. The zero-order chi connectivity index (χ0) is 13.0. The van der Waals surface area contributed by atoms with Crippen LogP contribution in [0.4, 0.5) is 0 Å². The second-order valence-electron chi connectivity index (χ2n) is 4.05. The van der Waals surface area contributed by atoms with Gasteiger partial charge in [0.2, 0.25) is 0 Å². The zero-order valence-corrected chi connectivity index (χ0v) is 10.1. The summed E-state index contributed by atoms with van der Waals surface area (Å²) in [7, 11) is 0. The minimum Gasteiger partial charge on any atom is -0.476 e. The molecule has 0 aromatic carbocycles. The first-order chi connectivity index (χ1) is 7.91. The van der Waals surface area contributed by atoms with Gasteiger partial charge < -0.3 is 14.9 Å². The van der Waals surface area contributed by atoms with Crippen molar-refractivity contribution in [2.45, 2.75) is 39.5 Å². The van der Waals surface area contributed by atoms with Crippen LogP contribution in [0.1, 0.15) is 30.0 Å². The topological polar surface area (TPSA) is 97.5 Å². The van der Waals surface area contributed by atoms with Crippen molar-refractivity contribution in [2.75, 3.05) is 6.61 Å². The summed E-state index contributed by atoms with van der Waals surface area (Å²) in [5.41, 5.74) is 0.322. The molecular weight excluding hydrogens is 226 g/mol. The number of hydrogen-bond donors (Lipinski definition) is 2. The van der Waals surface area contributed by atoms with E-state index in [0.717, 1.165) is 0 Å². The second-order valence-corrected chi connectivity index (χ2v) is 4.05. The Labute approximate surface area is 99.0 Å². The van der Waals surface area contributed by atoms with Crippen molar-refractivity contribution in [2.24, 2.45) is 0 Å². The Morgan fingerprint density at radius 3 is 2.65 bits per heavy atom. The lowest BCUT2D eigenvalue weighted by Crippen LogP contribution is -2.25. The van der Waals surface area contributed by atoms with Gasteiger partial charge in [-0.2, -0.15) is 0 Å². The number of nitrogens with zero attached hydrogens (tertiary/aromatic N) is 3. The van der Waals surface area contributed by atoms with Gasteiger partial charge >= 0.3 is 5.97 Å². The average Bonchev–Trinajstić information content (AvgIpc) is 2.58. The second kappa shape index (κ2) is 5.74. The number of aliphatic hydroxyl groups is 1. The van der Waals surface area contributed by atoms with Crippen LogP contribution in [0, 0.1) is 6.92 Å². The lowest BCUT2D eigenvalue weighted by atomic mass is 10.3. The molecule has 1 unspecified atom stereocenters. The summed E-state index contributed by atoms with van der Waals surface area (Å²) in [6.45, 7) is 5.68. The Morgan fingerprint density at radius 2 is 2.18 bits per heavy atom. The van der Waals surface area contributed by atoms with Gasteiger partial charge in [0.05, 0.1) is 31.1 Å². The van der Waals surface area contributed by atoms with Gasteiger partial charge in [-0.25, -0.2) is 9.48 Å². The van der Waals surface area contributed by atoms with Crippen molar-refractivity contribution in [3.63, 3.8) is 0 Å². The molecule has 0 saturated heterocycles. The molecule has 0 spiro atoms. The Kier molecular flexibility index (Phi) is 4.59. The molecular formula is C10H17N3O4. The van der Waals surface area contributed by atoms with Crippen LogP contribution in [0.2, 0.25) is 0 Å². The first-order valence-electron chi connectivity index (χ1n) is 5.34. The third-order valence-corrected chi connectivity index (χ3v) is 2.19. The summed E-state index contributed by atoms with van der Waals surface area (Å²) in [6.07, 6.45) is -0.699. The maximum Gasteiger partial charge on any atom is 0.358 e. The summed E-state index contributed by atoms with van der Waals surface area (Å²) in [4.78, 5) is 10.7. The average molecular weight is 243 g/mol. The van der Waals surface area contributed by atoms with E-state index in [4.69, 9.17) is 9.84 Å². The van der Waals surface area contributed by atoms with Gasteiger partial charge in [-0.3, -0.25) is 0 Å². The van der Waals surface area contributed by atoms with Crippen molar-refractivity contribution in [1.29, 1.82) is 0 Å². The van der Waals surface area contributed by atoms with Crippen molar-refractivity contribution in [1.82, 2.24) is 15.0 Å². The van der Waals surface area contributed by atoms with E-state index in [-0.39, 0.29) is 24.9 Å². The van der Waals surface area contributed by atoms with Crippen LogP contribution < -0.4 is 0 Å². The normalized spacial score (nSPS) is 13.0. The Bertz CT molecular complexity index is 389. The summed E-state index contributed by atoms with van der Waals surface area (Å²) in [5.74, 6) is -1.12. The third kappa shape index (κ3) is 3.79. The fraction of sp³-hybridized carbons (Fsp3) is 0.700. The van der Waals surface area contributed by atoms with Crippen molar-refractivity contribution < 1.29 is 19.7 Å². The number of carboxylic acids is 1. The van der Waals surface area contributed by atoms with Gasteiger partial charge in [0.1, 0.15) is 0 Å². The number of carboxylic acid groups (broad SMARTS) is 1. The minimum atomic E-state index is -1.12. The number of carbonyl (C=O) groups is 1. The lowest BCUT2D eigenvalue weighted by molar-refractivity contribution is -0.00243. The van der Waals surface area contributed by atoms with Gasteiger partial charge in [-0.1, -0.05) is 5.21 Å². The van der Waals surface area contributed by atoms with E-state index < -0.39 is 12.1 Å².